The van der Waals surface area contributed by atoms with E-state index in [1.807, 2.05) is 18.2 Å². The van der Waals surface area contributed by atoms with E-state index < -0.39 is 43.2 Å². The summed E-state index contributed by atoms with van der Waals surface area (Å²) in [6, 6.07) is 9.08. The molecule has 0 bridgehead atoms. The van der Waals surface area contributed by atoms with Crippen LogP contribution in [0.2, 0.25) is 0 Å². The van der Waals surface area contributed by atoms with E-state index in [2.05, 4.69) is 0 Å². The fourth-order valence-corrected chi connectivity index (χ4v) is 2.64. The summed E-state index contributed by atoms with van der Waals surface area (Å²) in [7, 11) is 0. The Morgan fingerprint density at radius 1 is 1.21 bits per heavy atom. The maximum atomic E-state index is 11.8. The van der Waals surface area contributed by atoms with E-state index in [-0.39, 0.29) is 13.2 Å². The third kappa shape index (κ3) is 3.85. The fraction of sp³-hybridized carbons (Fsp3) is 0.562. The van der Waals surface area contributed by atoms with Gasteiger partial charge in [0.2, 0.25) is 6.29 Å². The lowest BCUT2D eigenvalue weighted by Crippen LogP contribution is -2.63. The van der Waals surface area contributed by atoms with Crippen LogP contribution in [0.1, 0.15) is 12.5 Å². The Balaban J connectivity index is 1.54. The molecule has 0 spiro atoms. The first kappa shape index (κ1) is 17.1. The quantitative estimate of drug-likeness (QED) is 0.769. The van der Waals surface area contributed by atoms with Crippen molar-refractivity contribution in [2.45, 2.75) is 50.5 Å². The average molecular weight is 340 g/mol. The SMILES string of the molecule is CC1OC[C@H]2O[C@@H](OC(=O)OCc3ccccc3)[C@H](O)[C@@H](O)[C@@H]2O1. The lowest BCUT2D eigenvalue weighted by Gasteiger charge is -2.45. The summed E-state index contributed by atoms with van der Waals surface area (Å²) in [5, 5.41) is 20.2. The molecule has 0 saturated carbocycles. The van der Waals surface area contributed by atoms with Gasteiger partial charge in [-0.05, 0) is 12.5 Å². The van der Waals surface area contributed by atoms with Crippen molar-refractivity contribution in [1.82, 2.24) is 0 Å². The van der Waals surface area contributed by atoms with Crippen LogP contribution in [0.5, 0.6) is 0 Å². The predicted octanol–water partition coefficient (Wildman–Crippen LogP) is 0.548. The van der Waals surface area contributed by atoms with Crippen molar-refractivity contribution in [3.05, 3.63) is 35.9 Å². The minimum Gasteiger partial charge on any atom is -0.429 e. The largest absolute Gasteiger partial charge is 0.511 e. The summed E-state index contributed by atoms with van der Waals surface area (Å²) in [4.78, 5) is 11.8. The number of aliphatic hydroxyl groups excluding tert-OH is 2. The molecule has 2 aliphatic rings. The number of ether oxygens (including phenoxy) is 5. The van der Waals surface area contributed by atoms with Crippen molar-refractivity contribution < 1.29 is 38.7 Å². The molecule has 2 N–H and O–H groups in total. The maximum Gasteiger partial charge on any atom is 0.511 e. The molecule has 132 valence electrons. The number of fused-ring (bicyclic) bond motifs is 1. The van der Waals surface area contributed by atoms with Gasteiger partial charge in [-0.25, -0.2) is 4.79 Å². The Bertz CT molecular complexity index is 548. The molecule has 8 heteroatoms. The van der Waals surface area contributed by atoms with Crippen LogP contribution in [0.25, 0.3) is 0 Å². The normalized spacial score (nSPS) is 35.8. The smallest absolute Gasteiger partial charge is 0.429 e. The van der Waals surface area contributed by atoms with E-state index in [4.69, 9.17) is 23.7 Å². The van der Waals surface area contributed by atoms with Gasteiger partial charge in [0, 0.05) is 0 Å². The molecule has 24 heavy (non-hydrogen) atoms. The molecule has 2 aliphatic heterocycles. The van der Waals surface area contributed by atoms with Gasteiger partial charge in [-0.3, -0.25) is 0 Å². The van der Waals surface area contributed by atoms with Crippen LogP contribution in [-0.2, 0) is 30.3 Å². The first-order valence-corrected chi connectivity index (χ1v) is 7.70. The van der Waals surface area contributed by atoms with Gasteiger partial charge >= 0.3 is 6.16 Å². The molecule has 1 aromatic rings. The Labute approximate surface area is 138 Å². The van der Waals surface area contributed by atoms with Crippen molar-refractivity contribution in [1.29, 1.82) is 0 Å². The Kier molecular flexibility index (Phi) is 5.32. The summed E-state index contributed by atoms with van der Waals surface area (Å²) in [5.74, 6) is 0. The van der Waals surface area contributed by atoms with E-state index in [1.165, 1.54) is 0 Å². The summed E-state index contributed by atoms with van der Waals surface area (Å²) >= 11 is 0. The molecule has 0 radical (unpaired) electrons. The lowest BCUT2D eigenvalue weighted by molar-refractivity contribution is -0.349. The van der Waals surface area contributed by atoms with Crippen molar-refractivity contribution in [2.75, 3.05) is 6.61 Å². The van der Waals surface area contributed by atoms with E-state index in [1.54, 1.807) is 19.1 Å². The van der Waals surface area contributed by atoms with Crippen LogP contribution in [0, 0.1) is 0 Å². The molecule has 6 atom stereocenters. The zero-order chi connectivity index (χ0) is 17.1. The van der Waals surface area contributed by atoms with Gasteiger partial charge in [-0.15, -0.1) is 0 Å². The standard InChI is InChI=1S/C16H20O8/c1-9-20-8-11-14(22-9)12(17)13(18)15(23-11)24-16(19)21-7-10-5-3-2-4-6-10/h2-6,9,11-15,17-18H,7-8H2,1H3/t9?,11-,12-,13-,14-,15+/m1/s1. The third-order valence-corrected chi connectivity index (χ3v) is 3.90. The molecule has 2 saturated heterocycles. The Morgan fingerprint density at radius 2 is 1.96 bits per heavy atom. The number of benzene rings is 1. The molecule has 2 heterocycles. The third-order valence-electron chi connectivity index (χ3n) is 3.90. The van der Waals surface area contributed by atoms with Crippen molar-refractivity contribution in [3.63, 3.8) is 0 Å². The van der Waals surface area contributed by atoms with Gasteiger partial charge in [0.15, 0.2) is 6.29 Å². The van der Waals surface area contributed by atoms with E-state index in [0.717, 1.165) is 5.56 Å². The number of aliphatic hydroxyl groups is 2. The molecule has 0 aliphatic carbocycles. The number of carbonyl (C=O) groups excluding carboxylic acids is 1. The van der Waals surface area contributed by atoms with Crippen molar-refractivity contribution in [3.8, 4) is 0 Å². The van der Waals surface area contributed by atoms with Crippen molar-refractivity contribution >= 4 is 6.16 Å². The Morgan fingerprint density at radius 3 is 2.71 bits per heavy atom. The second-order valence-electron chi connectivity index (χ2n) is 5.67. The highest BCUT2D eigenvalue weighted by Gasteiger charge is 2.49. The van der Waals surface area contributed by atoms with Crippen molar-refractivity contribution in [2.24, 2.45) is 0 Å². The van der Waals surface area contributed by atoms with E-state index in [0.29, 0.717) is 0 Å². The number of carbonyl (C=O) groups is 1. The fourth-order valence-electron chi connectivity index (χ4n) is 2.64. The average Bonchev–Trinajstić information content (AvgIpc) is 2.59. The topological polar surface area (TPSA) is 104 Å². The van der Waals surface area contributed by atoms with E-state index in [9.17, 15) is 15.0 Å². The summed E-state index contributed by atoms with van der Waals surface area (Å²) in [6.07, 6.45) is -6.96. The zero-order valence-electron chi connectivity index (χ0n) is 13.1. The van der Waals surface area contributed by atoms with Crippen LogP contribution in [-0.4, -0.2) is 60.0 Å². The number of hydrogen-bond donors (Lipinski definition) is 2. The monoisotopic (exact) mass is 340 g/mol. The van der Waals surface area contributed by atoms with Gasteiger partial charge < -0.3 is 33.9 Å². The zero-order valence-corrected chi connectivity index (χ0v) is 13.1. The van der Waals surface area contributed by atoms with Crippen LogP contribution in [0.4, 0.5) is 4.79 Å². The van der Waals surface area contributed by atoms with Gasteiger partial charge in [0.25, 0.3) is 0 Å². The summed E-state index contributed by atoms with van der Waals surface area (Å²) < 4.78 is 26.1. The highest BCUT2D eigenvalue weighted by Crippen LogP contribution is 2.29. The second kappa shape index (κ2) is 7.45. The second-order valence-corrected chi connectivity index (χ2v) is 5.67. The molecule has 2 fully saturated rings. The van der Waals surface area contributed by atoms with E-state index >= 15 is 0 Å². The van der Waals surface area contributed by atoms with Gasteiger partial charge in [-0.2, -0.15) is 0 Å². The minimum absolute atomic E-state index is 0.0286. The van der Waals surface area contributed by atoms with Crippen LogP contribution < -0.4 is 0 Å². The van der Waals surface area contributed by atoms with Gasteiger partial charge in [0.05, 0.1) is 6.61 Å². The molecule has 0 aromatic heterocycles. The lowest BCUT2D eigenvalue weighted by atomic mass is 9.98. The number of hydrogen-bond acceptors (Lipinski definition) is 8. The highest BCUT2D eigenvalue weighted by atomic mass is 16.8. The molecule has 8 nitrogen and oxygen atoms in total. The Hall–Kier alpha value is -1.71. The maximum absolute atomic E-state index is 11.8. The molecule has 0 amide bonds. The van der Waals surface area contributed by atoms with Crippen LogP contribution in [0.15, 0.2) is 30.3 Å². The van der Waals surface area contributed by atoms with Crippen LogP contribution in [0.3, 0.4) is 0 Å². The van der Waals surface area contributed by atoms with Gasteiger partial charge in [-0.1, -0.05) is 30.3 Å². The summed E-state index contributed by atoms with van der Waals surface area (Å²) in [5.41, 5.74) is 0.794. The molecule has 1 unspecified atom stereocenters. The van der Waals surface area contributed by atoms with Crippen LogP contribution >= 0.6 is 0 Å². The minimum atomic E-state index is -1.44. The molecular weight excluding hydrogens is 320 g/mol. The first-order chi connectivity index (χ1) is 11.5. The highest BCUT2D eigenvalue weighted by molar-refractivity contribution is 5.60. The molecule has 3 rings (SSSR count). The first-order valence-electron chi connectivity index (χ1n) is 7.70. The summed E-state index contributed by atoms with van der Waals surface area (Å²) in [6.45, 7) is 1.87. The molecule has 1 aromatic carbocycles. The number of rotatable bonds is 3. The molecular formula is C16H20O8. The van der Waals surface area contributed by atoms with Gasteiger partial charge in [0.1, 0.15) is 31.0 Å². The predicted molar refractivity (Wildman–Crippen MR) is 78.7 cm³/mol.